The van der Waals surface area contributed by atoms with Gasteiger partial charge in [0, 0.05) is 39.0 Å². The Hall–Kier alpha value is -2.49. The molecule has 1 aliphatic heterocycles. The van der Waals surface area contributed by atoms with Gasteiger partial charge in [-0.1, -0.05) is 12.1 Å². The average molecular weight is 488 g/mol. The second kappa shape index (κ2) is 10.2. The Morgan fingerprint density at radius 3 is 2.52 bits per heavy atom. The van der Waals surface area contributed by atoms with Crippen molar-refractivity contribution < 1.29 is 17.9 Å². The lowest BCUT2D eigenvalue weighted by Gasteiger charge is -2.31. The van der Waals surface area contributed by atoms with Crippen LogP contribution in [0, 0.1) is 0 Å². The van der Waals surface area contributed by atoms with E-state index >= 15 is 0 Å². The molecule has 3 aromatic rings. The number of sulfonamides is 1. The molecule has 0 aliphatic carbocycles. The second-order valence-electron chi connectivity index (χ2n) is 8.28. The van der Waals surface area contributed by atoms with Crippen molar-refractivity contribution in [1.29, 1.82) is 0 Å². The van der Waals surface area contributed by atoms with Gasteiger partial charge in [0.25, 0.3) is 0 Å². The van der Waals surface area contributed by atoms with Gasteiger partial charge < -0.3 is 9.64 Å². The number of benzene rings is 2. The first-order valence-corrected chi connectivity index (χ1v) is 13.4. The number of nitrogens with zero attached hydrogens (tertiary/aromatic N) is 3. The predicted octanol–water partition coefficient (Wildman–Crippen LogP) is 4.11. The Morgan fingerprint density at radius 2 is 1.85 bits per heavy atom. The van der Waals surface area contributed by atoms with Gasteiger partial charge in [-0.15, -0.1) is 11.3 Å². The van der Waals surface area contributed by atoms with Crippen LogP contribution in [0.15, 0.2) is 53.4 Å². The van der Waals surface area contributed by atoms with E-state index in [9.17, 15) is 13.2 Å². The topological polar surface area (TPSA) is 79.8 Å². The number of rotatable bonds is 8. The number of thiazole rings is 1. The van der Waals surface area contributed by atoms with Crippen molar-refractivity contribution in [3.8, 4) is 5.75 Å². The van der Waals surface area contributed by atoms with E-state index in [0.29, 0.717) is 31.1 Å². The molecule has 1 fully saturated rings. The molecule has 4 rings (SSSR count). The molecule has 0 spiro atoms. The molecule has 0 unspecified atom stereocenters. The summed E-state index contributed by atoms with van der Waals surface area (Å²) in [6, 6.07) is 14.5. The molecule has 0 saturated carbocycles. The fourth-order valence-electron chi connectivity index (χ4n) is 4.10. The minimum atomic E-state index is -3.59. The number of ether oxygens (including phenoxy) is 1. The van der Waals surface area contributed by atoms with Crippen LogP contribution in [-0.2, 0) is 14.8 Å². The molecule has 1 aromatic heterocycles. The van der Waals surface area contributed by atoms with Gasteiger partial charge in [-0.2, -0.15) is 0 Å². The molecule has 0 atom stereocenters. The van der Waals surface area contributed by atoms with Crippen LogP contribution in [0.25, 0.3) is 10.2 Å². The molecule has 1 saturated heterocycles. The van der Waals surface area contributed by atoms with Gasteiger partial charge in [0.2, 0.25) is 15.9 Å². The lowest BCUT2D eigenvalue weighted by molar-refractivity contribution is -0.132. The third-order valence-electron chi connectivity index (χ3n) is 6.14. The molecular formula is C24H29N3O4S2. The van der Waals surface area contributed by atoms with Gasteiger partial charge in [0.05, 0.1) is 27.2 Å². The zero-order chi connectivity index (χ0) is 23.4. The van der Waals surface area contributed by atoms with Crippen LogP contribution in [0.2, 0.25) is 0 Å². The first-order valence-electron chi connectivity index (χ1n) is 11.1. The largest absolute Gasteiger partial charge is 0.497 e. The van der Waals surface area contributed by atoms with Gasteiger partial charge in [0.15, 0.2) is 0 Å². The van der Waals surface area contributed by atoms with Crippen molar-refractivity contribution in [1.82, 2.24) is 14.2 Å². The summed E-state index contributed by atoms with van der Waals surface area (Å²) in [6.07, 6.45) is 2.66. The molecule has 0 radical (unpaired) electrons. The number of carbonyl (C=O) groups excluding carboxylic acids is 1. The van der Waals surface area contributed by atoms with Crippen LogP contribution in [-0.4, -0.2) is 62.3 Å². The van der Waals surface area contributed by atoms with Crippen molar-refractivity contribution in [2.45, 2.75) is 36.5 Å². The minimum absolute atomic E-state index is 0.0907. The smallest absolute Gasteiger partial charge is 0.242 e. The summed E-state index contributed by atoms with van der Waals surface area (Å²) in [5.41, 5.74) is 1.05. The number of piperidine rings is 1. The summed E-state index contributed by atoms with van der Waals surface area (Å²) >= 11 is 1.75. The Labute approximate surface area is 199 Å². The normalized spacial score (nSPS) is 15.3. The van der Waals surface area contributed by atoms with Gasteiger partial charge in [-0.3, -0.25) is 4.79 Å². The number of likely N-dealkylation sites (tertiary alicyclic amines) is 1. The highest BCUT2D eigenvalue weighted by molar-refractivity contribution is 7.89. The van der Waals surface area contributed by atoms with Crippen LogP contribution >= 0.6 is 11.3 Å². The molecule has 1 amide bonds. The van der Waals surface area contributed by atoms with Gasteiger partial charge in [-0.25, -0.2) is 17.7 Å². The standard InChI is InChI=1S/C24H29N3O4S2/c1-26(33(29,30)20-11-9-19(31-2)10-12-20)15-5-8-23(28)27-16-13-18(14-17-27)24-25-21-6-3-4-7-22(21)32-24/h3-4,6-7,9-12,18H,5,8,13-17H2,1-2H3. The van der Waals surface area contributed by atoms with Crippen LogP contribution in [0.1, 0.15) is 36.6 Å². The molecule has 1 aliphatic rings. The number of fused-ring (bicyclic) bond motifs is 1. The fourth-order valence-corrected chi connectivity index (χ4v) is 6.45. The summed E-state index contributed by atoms with van der Waals surface area (Å²) in [5.74, 6) is 1.09. The Balaban J connectivity index is 1.24. The van der Waals surface area contributed by atoms with Gasteiger partial charge in [0.1, 0.15) is 5.75 Å². The van der Waals surface area contributed by atoms with E-state index in [-0.39, 0.29) is 10.8 Å². The average Bonchev–Trinajstić information content (AvgIpc) is 3.28. The Kier molecular flexibility index (Phi) is 7.31. The molecule has 2 heterocycles. The molecule has 7 nitrogen and oxygen atoms in total. The van der Waals surface area contributed by atoms with Crippen molar-refractivity contribution in [2.24, 2.45) is 0 Å². The number of methoxy groups -OCH3 is 1. The van der Waals surface area contributed by atoms with E-state index < -0.39 is 10.0 Å². The number of aromatic nitrogens is 1. The predicted molar refractivity (Wildman–Crippen MR) is 130 cm³/mol. The van der Waals surface area contributed by atoms with Crippen LogP contribution < -0.4 is 4.74 Å². The SMILES string of the molecule is COc1ccc(S(=O)(=O)N(C)CCCC(=O)N2CCC(c3nc4ccccc4s3)CC2)cc1. The van der Waals surface area contributed by atoms with E-state index in [4.69, 9.17) is 9.72 Å². The minimum Gasteiger partial charge on any atom is -0.497 e. The van der Waals surface area contributed by atoms with Crippen LogP contribution in [0.4, 0.5) is 0 Å². The summed E-state index contributed by atoms with van der Waals surface area (Å²) in [4.78, 5) is 19.6. The molecular weight excluding hydrogens is 458 g/mol. The number of hydrogen-bond acceptors (Lipinski definition) is 6. The van der Waals surface area contributed by atoms with Gasteiger partial charge in [-0.05, 0) is 55.7 Å². The Bertz CT molecular complexity index is 1170. The molecule has 0 bridgehead atoms. The number of para-hydroxylation sites is 1. The van der Waals surface area contributed by atoms with E-state index in [2.05, 4.69) is 6.07 Å². The molecule has 2 aromatic carbocycles. The van der Waals surface area contributed by atoms with Crippen molar-refractivity contribution >= 4 is 37.5 Å². The Morgan fingerprint density at radius 1 is 1.15 bits per heavy atom. The lowest BCUT2D eigenvalue weighted by atomic mass is 9.97. The monoisotopic (exact) mass is 487 g/mol. The summed E-state index contributed by atoms with van der Waals surface area (Å²) < 4.78 is 33.1. The second-order valence-corrected chi connectivity index (χ2v) is 11.4. The number of amides is 1. The van der Waals surface area contributed by atoms with E-state index in [1.54, 1.807) is 30.5 Å². The van der Waals surface area contributed by atoms with Crippen molar-refractivity contribution in [3.05, 3.63) is 53.5 Å². The molecule has 176 valence electrons. The van der Waals surface area contributed by atoms with Crippen molar-refractivity contribution in [2.75, 3.05) is 33.8 Å². The molecule has 33 heavy (non-hydrogen) atoms. The maximum atomic E-state index is 12.7. The fraction of sp³-hybridized carbons (Fsp3) is 0.417. The van der Waals surface area contributed by atoms with Crippen LogP contribution in [0.3, 0.4) is 0 Å². The van der Waals surface area contributed by atoms with E-state index in [1.165, 1.54) is 28.2 Å². The highest BCUT2D eigenvalue weighted by Gasteiger charge is 2.26. The summed E-state index contributed by atoms with van der Waals surface area (Å²) in [7, 11) is -0.502. The quantitative estimate of drug-likeness (QED) is 0.478. The maximum Gasteiger partial charge on any atom is 0.242 e. The number of hydrogen-bond donors (Lipinski definition) is 0. The summed E-state index contributed by atoms with van der Waals surface area (Å²) in [6.45, 7) is 1.74. The third-order valence-corrected chi connectivity index (χ3v) is 9.21. The molecule has 9 heteroatoms. The highest BCUT2D eigenvalue weighted by atomic mass is 32.2. The van der Waals surface area contributed by atoms with Gasteiger partial charge >= 0.3 is 0 Å². The zero-order valence-electron chi connectivity index (χ0n) is 18.9. The zero-order valence-corrected chi connectivity index (χ0v) is 20.6. The molecule has 0 N–H and O–H groups in total. The lowest BCUT2D eigenvalue weighted by Crippen LogP contribution is -2.38. The van der Waals surface area contributed by atoms with E-state index in [0.717, 1.165) is 36.5 Å². The summed E-state index contributed by atoms with van der Waals surface area (Å²) in [5, 5.41) is 1.16. The van der Waals surface area contributed by atoms with Crippen LogP contribution in [0.5, 0.6) is 5.75 Å². The van der Waals surface area contributed by atoms with Crippen molar-refractivity contribution in [3.63, 3.8) is 0 Å². The maximum absolute atomic E-state index is 12.7. The highest BCUT2D eigenvalue weighted by Crippen LogP contribution is 2.34. The third kappa shape index (κ3) is 5.37. The number of carbonyl (C=O) groups is 1. The first-order chi connectivity index (χ1) is 15.9. The van der Waals surface area contributed by atoms with E-state index in [1.807, 2.05) is 23.1 Å². The first kappa shape index (κ1) is 23.7.